The zero-order chi connectivity index (χ0) is 12.5. The van der Waals surface area contributed by atoms with Gasteiger partial charge in [-0.3, -0.25) is 4.90 Å². The van der Waals surface area contributed by atoms with Gasteiger partial charge in [0, 0.05) is 25.7 Å². The molecule has 1 aliphatic rings. The number of nitrogens with one attached hydrogen (secondary N) is 1. The van der Waals surface area contributed by atoms with E-state index >= 15 is 0 Å². The molecule has 1 unspecified atom stereocenters. The fourth-order valence-electron chi connectivity index (χ4n) is 2.10. The van der Waals surface area contributed by atoms with E-state index in [-0.39, 0.29) is 0 Å². The van der Waals surface area contributed by atoms with Crippen molar-refractivity contribution >= 4 is 0 Å². The Hall–Kier alpha value is -0.160. The first kappa shape index (κ1) is 14.9. The van der Waals surface area contributed by atoms with Crippen LogP contribution in [0.4, 0.5) is 0 Å². The van der Waals surface area contributed by atoms with Crippen LogP contribution in [0.2, 0.25) is 0 Å². The highest BCUT2D eigenvalue weighted by Crippen LogP contribution is 2.03. The third kappa shape index (κ3) is 6.99. The van der Waals surface area contributed by atoms with Gasteiger partial charge in [0.15, 0.2) is 0 Å². The van der Waals surface area contributed by atoms with Gasteiger partial charge in [-0.05, 0) is 40.0 Å². The molecule has 1 aliphatic heterocycles. The van der Waals surface area contributed by atoms with Crippen LogP contribution >= 0.6 is 0 Å². The molecule has 0 aromatic heterocycles. The third-order valence-corrected chi connectivity index (χ3v) is 3.29. The van der Waals surface area contributed by atoms with Crippen molar-refractivity contribution in [1.29, 1.82) is 0 Å². The van der Waals surface area contributed by atoms with Crippen LogP contribution in [0.15, 0.2) is 0 Å². The maximum Gasteiger partial charge on any atom is 0.0594 e. The van der Waals surface area contributed by atoms with E-state index in [1.165, 1.54) is 25.9 Å². The van der Waals surface area contributed by atoms with Crippen molar-refractivity contribution in [3.05, 3.63) is 0 Å². The highest BCUT2D eigenvalue weighted by atomic mass is 16.5. The van der Waals surface area contributed by atoms with Crippen LogP contribution in [0.5, 0.6) is 0 Å². The second-order valence-electron chi connectivity index (χ2n) is 5.13. The van der Waals surface area contributed by atoms with E-state index in [4.69, 9.17) is 4.74 Å². The zero-order valence-corrected chi connectivity index (χ0v) is 11.7. The van der Waals surface area contributed by atoms with Crippen LogP contribution in [0.1, 0.15) is 19.8 Å². The maximum atomic E-state index is 5.65. The number of likely N-dealkylation sites (N-methyl/N-ethyl adjacent to an activating group) is 1. The van der Waals surface area contributed by atoms with Gasteiger partial charge in [0.25, 0.3) is 0 Å². The predicted octanol–water partition coefficient (Wildman–Crippen LogP) is 0.639. The normalized spacial score (nSPS) is 22.9. The smallest absolute Gasteiger partial charge is 0.0594 e. The van der Waals surface area contributed by atoms with E-state index in [1.54, 1.807) is 0 Å². The number of hydrogen-bond donors (Lipinski definition) is 1. The van der Waals surface area contributed by atoms with E-state index in [9.17, 15) is 0 Å². The average molecular weight is 243 g/mol. The maximum absolute atomic E-state index is 5.65. The Morgan fingerprint density at radius 1 is 1.35 bits per heavy atom. The largest absolute Gasteiger partial charge is 0.379 e. The molecule has 0 radical (unpaired) electrons. The summed E-state index contributed by atoms with van der Waals surface area (Å²) in [5, 5.41) is 3.59. The molecule has 0 spiro atoms. The van der Waals surface area contributed by atoms with Crippen LogP contribution in [0, 0.1) is 0 Å². The Balaban J connectivity index is 2.08. The summed E-state index contributed by atoms with van der Waals surface area (Å²) in [7, 11) is 4.16. The zero-order valence-electron chi connectivity index (χ0n) is 11.7. The second kappa shape index (κ2) is 8.86. The topological polar surface area (TPSA) is 27.7 Å². The molecule has 0 amide bonds. The molecular weight excluding hydrogens is 214 g/mol. The minimum absolute atomic E-state index is 0.666. The monoisotopic (exact) mass is 243 g/mol. The fraction of sp³-hybridized carbons (Fsp3) is 1.00. The molecule has 0 aromatic rings. The van der Waals surface area contributed by atoms with Crippen LogP contribution < -0.4 is 5.32 Å². The van der Waals surface area contributed by atoms with Crippen molar-refractivity contribution in [2.45, 2.75) is 25.8 Å². The lowest BCUT2D eigenvalue weighted by Crippen LogP contribution is -2.38. The Bertz CT molecular complexity index is 188. The number of ether oxygens (including phenoxy) is 1. The van der Waals surface area contributed by atoms with Gasteiger partial charge >= 0.3 is 0 Å². The molecule has 17 heavy (non-hydrogen) atoms. The van der Waals surface area contributed by atoms with Gasteiger partial charge in [-0.2, -0.15) is 0 Å². The van der Waals surface area contributed by atoms with Gasteiger partial charge < -0.3 is 15.0 Å². The van der Waals surface area contributed by atoms with Gasteiger partial charge in [-0.1, -0.05) is 6.92 Å². The molecule has 1 atom stereocenters. The van der Waals surface area contributed by atoms with Gasteiger partial charge in [0.05, 0.1) is 13.2 Å². The van der Waals surface area contributed by atoms with Crippen molar-refractivity contribution in [1.82, 2.24) is 15.1 Å². The highest BCUT2D eigenvalue weighted by molar-refractivity contribution is 4.75. The summed E-state index contributed by atoms with van der Waals surface area (Å²) in [5.74, 6) is 0. The molecule has 1 saturated heterocycles. The highest BCUT2D eigenvalue weighted by Gasteiger charge is 2.15. The molecule has 0 bridgehead atoms. The summed E-state index contributed by atoms with van der Waals surface area (Å²) in [6, 6.07) is 0.666. The summed E-state index contributed by atoms with van der Waals surface area (Å²) in [6.07, 6.45) is 2.48. The molecule has 102 valence electrons. The average Bonchev–Trinajstić information content (AvgIpc) is 2.53. The Morgan fingerprint density at radius 2 is 2.18 bits per heavy atom. The van der Waals surface area contributed by atoms with Crippen LogP contribution in [0.25, 0.3) is 0 Å². The third-order valence-electron chi connectivity index (χ3n) is 3.29. The molecule has 1 fully saturated rings. The number of rotatable bonds is 7. The molecule has 0 aromatic carbocycles. The summed E-state index contributed by atoms with van der Waals surface area (Å²) in [6.45, 7) is 9.60. The van der Waals surface area contributed by atoms with Crippen LogP contribution in [0.3, 0.4) is 0 Å². The number of nitrogens with zero attached hydrogens (tertiary/aromatic N) is 2. The van der Waals surface area contributed by atoms with Crippen molar-refractivity contribution < 1.29 is 4.74 Å². The Kier molecular flexibility index (Phi) is 7.77. The van der Waals surface area contributed by atoms with Crippen molar-refractivity contribution in [2.24, 2.45) is 0 Å². The molecule has 1 N–H and O–H groups in total. The first-order valence-electron chi connectivity index (χ1n) is 6.90. The quantitative estimate of drug-likeness (QED) is 0.664. The van der Waals surface area contributed by atoms with E-state index in [1.807, 2.05) is 0 Å². The minimum atomic E-state index is 0.666. The lowest BCUT2D eigenvalue weighted by atomic mass is 10.2. The standard InChI is InChI=1S/C13H29N3O/c1-4-13-12-16(7-5-6-14-13)9-11-17-10-8-15(2)3/h13-14H,4-12H2,1-3H3. The first-order valence-corrected chi connectivity index (χ1v) is 6.90. The fourth-order valence-corrected chi connectivity index (χ4v) is 2.10. The molecule has 0 aliphatic carbocycles. The molecular formula is C13H29N3O. The van der Waals surface area contributed by atoms with E-state index < -0.39 is 0 Å². The molecule has 4 nitrogen and oxygen atoms in total. The van der Waals surface area contributed by atoms with Crippen LogP contribution in [-0.2, 0) is 4.74 Å². The molecule has 0 saturated carbocycles. The SMILES string of the molecule is CCC1CN(CCOCCN(C)C)CCCN1. The van der Waals surface area contributed by atoms with Crippen molar-refractivity contribution in [3.63, 3.8) is 0 Å². The Morgan fingerprint density at radius 3 is 2.88 bits per heavy atom. The van der Waals surface area contributed by atoms with Crippen molar-refractivity contribution in [3.8, 4) is 0 Å². The summed E-state index contributed by atoms with van der Waals surface area (Å²) < 4.78 is 5.65. The van der Waals surface area contributed by atoms with Gasteiger partial charge in [-0.15, -0.1) is 0 Å². The van der Waals surface area contributed by atoms with E-state index in [0.717, 1.165) is 32.8 Å². The lowest BCUT2D eigenvalue weighted by Gasteiger charge is -2.23. The van der Waals surface area contributed by atoms with Gasteiger partial charge in [0.1, 0.15) is 0 Å². The van der Waals surface area contributed by atoms with E-state index in [2.05, 4.69) is 36.1 Å². The molecule has 1 heterocycles. The minimum Gasteiger partial charge on any atom is -0.379 e. The van der Waals surface area contributed by atoms with Gasteiger partial charge in [-0.25, -0.2) is 0 Å². The van der Waals surface area contributed by atoms with Crippen LogP contribution in [-0.4, -0.2) is 75.9 Å². The first-order chi connectivity index (χ1) is 8.22. The lowest BCUT2D eigenvalue weighted by molar-refractivity contribution is 0.0917. The van der Waals surface area contributed by atoms with Crippen molar-refractivity contribution in [2.75, 3.05) is 60.0 Å². The molecule has 1 rings (SSSR count). The molecule has 4 heteroatoms. The van der Waals surface area contributed by atoms with E-state index in [0.29, 0.717) is 6.04 Å². The Labute approximate surface area is 106 Å². The summed E-state index contributed by atoms with van der Waals surface area (Å²) in [4.78, 5) is 4.69. The number of hydrogen-bond acceptors (Lipinski definition) is 4. The second-order valence-corrected chi connectivity index (χ2v) is 5.13. The predicted molar refractivity (Wildman–Crippen MR) is 72.5 cm³/mol. The van der Waals surface area contributed by atoms with Gasteiger partial charge in [0.2, 0.25) is 0 Å². The summed E-state index contributed by atoms with van der Waals surface area (Å²) in [5.41, 5.74) is 0. The summed E-state index contributed by atoms with van der Waals surface area (Å²) >= 11 is 0.